The van der Waals surface area contributed by atoms with Gasteiger partial charge in [0.15, 0.2) is 0 Å². The SMILES string of the molecule is CS(=O)CCNC(=O)NCc1cccc(C(=O)O)c1. The summed E-state index contributed by atoms with van der Waals surface area (Å²) in [5.41, 5.74) is 0.884. The molecule has 2 amide bonds. The van der Waals surface area contributed by atoms with Crippen molar-refractivity contribution in [3.05, 3.63) is 35.4 Å². The smallest absolute Gasteiger partial charge is 0.335 e. The van der Waals surface area contributed by atoms with Gasteiger partial charge >= 0.3 is 12.0 Å². The van der Waals surface area contributed by atoms with Crippen LogP contribution in [-0.4, -0.2) is 39.9 Å². The molecular formula is C12H16N2O4S. The van der Waals surface area contributed by atoms with Gasteiger partial charge in [-0.25, -0.2) is 9.59 Å². The molecule has 0 spiro atoms. The van der Waals surface area contributed by atoms with Crippen molar-refractivity contribution >= 4 is 22.8 Å². The first-order valence-electron chi connectivity index (χ1n) is 5.63. The Morgan fingerprint density at radius 2 is 2.05 bits per heavy atom. The lowest BCUT2D eigenvalue weighted by Crippen LogP contribution is -2.37. The fourth-order valence-electron chi connectivity index (χ4n) is 1.37. The molecule has 0 bridgehead atoms. The summed E-state index contributed by atoms with van der Waals surface area (Å²) in [7, 11) is -0.938. The van der Waals surface area contributed by atoms with Gasteiger partial charge in [0.25, 0.3) is 0 Å². The summed E-state index contributed by atoms with van der Waals surface area (Å²) >= 11 is 0. The molecule has 0 fully saturated rings. The maximum Gasteiger partial charge on any atom is 0.335 e. The molecule has 7 heteroatoms. The fraction of sp³-hybridized carbons (Fsp3) is 0.333. The maximum absolute atomic E-state index is 11.4. The van der Waals surface area contributed by atoms with Crippen LogP contribution in [0.2, 0.25) is 0 Å². The second kappa shape index (κ2) is 7.52. The normalized spacial score (nSPS) is 11.6. The summed E-state index contributed by atoms with van der Waals surface area (Å²) in [5.74, 6) is -0.598. The van der Waals surface area contributed by atoms with Gasteiger partial charge in [-0.3, -0.25) is 4.21 Å². The molecule has 104 valence electrons. The molecule has 1 unspecified atom stereocenters. The highest BCUT2D eigenvalue weighted by Crippen LogP contribution is 2.04. The Bertz CT molecular complexity index is 490. The number of rotatable bonds is 6. The highest BCUT2D eigenvalue weighted by atomic mass is 32.2. The van der Waals surface area contributed by atoms with Gasteiger partial charge in [0.2, 0.25) is 0 Å². The molecule has 0 heterocycles. The highest BCUT2D eigenvalue weighted by molar-refractivity contribution is 7.84. The number of carbonyl (C=O) groups is 2. The van der Waals surface area contributed by atoms with Gasteiger partial charge in [0.1, 0.15) is 0 Å². The van der Waals surface area contributed by atoms with Crippen LogP contribution in [0.4, 0.5) is 4.79 Å². The number of benzene rings is 1. The lowest BCUT2D eigenvalue weighted by Gasteiger charge is -2.07. The highest BCUT2D eigenvalue weighted by Gasteiger charge is 2.04. The van der Waals surface area contributed by atoms with E-state index in [9.17, 15) is 13.8 Å². The standard InChI is InChI=1S/C12H16N2O4S/c1-19(18)6-5-13-12(17)14-8-9-3-2-4-10(7-9)11(15)16/h2-4,7H,5-6,8H2,1H3,(H,15,16)(H2,13,14,17). The van der Waals surface area contributed by atoms with Crippen molar-refractivity contribution in [3.8, 4) is 0 Å². The summed E-state index contributed by atoms with van der Waals surface area (Å²) in [6.45, 7) is 0.576. The molecular weight excluding hydrogens is 268 g/mol. The predicted octanol–water partition coefficient (Wildman–Crippen LogP) is 0.562. The number of carbonyl (C=O) groups excluding carboxylic acids is 1. The monoisotopic (exact) mass is 284 g/mol. The molecule has 0 saturated heterocycles. The van der Waals surface area contributed by atoms with Crippen molar-refractivity contribution in [3.63, 3.8) is 0 Å². The van der Waals surface area contributed by atoms with E-state index in [4.69, 9.17) is 5.11 Å². The second-order valence-corrected chi connectivity index (χ2v) is 5.45. The van der Waals surface area contributed by atoms with E-state index in [1.54, 1.807) is 18.4 Å². The van der Waals surface area contributed by atoms with Gasteiger partial charge in [-0.2, -0.15) is 0 Å². The van der Waals surface area contributed by atoms with Crippen LogP contribution in [0, 0.1) is 0 Å². The number of amides is 2. The maximum atomic E-state index is 11.4. The zero-order valence-electron chi connectivity index (χ0n) is 10.5. The molecule has 1 aromatic rings. The Morgan fingerprint density at radius 1 is 1.32 bits per heavy atom. The molecule has 0 aliphatic carbocycles. The molecule has 3 N–H and O–H groups in total. The Morgan fingerprint density at radius 3 is 2.68 bits per heavy atom. The number of hydrogen-bond acceptors (Lipinski definition) is 3. The van der Waals surface area contributed by atoms with Gasteiger partial charge in [-0.15, -0.1) is 0 Å². The van der Waals surface area contributed by atoms with Crippen molar-refractivity contribution < 1.29 is 18.9 Å². The van der Waals surface area contributed by atoms with E-state index >= 15 is 0 Å². The minimum Gasteiger partial charge on any atom is -0.478 e. The van der Waals surface area contributed by atoms with Crippen LogP contribution in [-0.2, 0) is 17.3 Å². The third-order valence-corrected chi connectivity index (χ3v) is 3.08. The lowest BCUT2D eigenvalue weighted by atomic mass is 10.1. The molecule has 0 radical (unpaired) electrons. The number of urea groups is 1. The predicted molar refractivity (Wildman–Crippen MR) is 72.6 cm³/mol. The van der Waals surface area contributed by atoms with Crippen LogP contribution >= 0.6 is 0 Å². The Labute approximate surface area is 113 Å². The Kier molecular flexibility index (Phi) is 6.01. The third-order valence-electron chi connectivity index (χ3n) is 2.30. The van der Waals surface area contributed by atoms with Gasteiger partial charge in [0.05, 0.1) is 5.56 Å². The average Bonchev–Trinajstić information content (AvgIpc) is 2.36. The summed E-state index contributed by atoms with van der Waals surface area (Å²) in [5, 5.41) is 14.0. The topological polar surface area (TPSA) is 95.5 Å². The van der Waals surface area contributed by atoms with Crippen LogP contribution in [0.25, 0.3) is 0 Å². The number of hydrogen-bond donors (Lipinski definition) is 3. The third kappa shape index (κ3) is 6.01. The first-order valence-corrected chi connectivity index (χ1v) is 7.35. The summed E-state index contributed by atoms with van der Waals surface area (Å²) in [6.07, 6.45) is 1.57. The van der Waals surface area contributed by atoms with Crippen molar-refractivity contribution in [2.24, 2.45) is 0 Å². The number of carboxylic acids is 1. The van der Waals surface area contributed by atoms with Gasteiger partial charge in [-0.1, -0.05) is 12.1 Å². The van der Waals surface area contributed by atoms with E-state index in [1.165, 1.54) is 12.1 Å². The fourth-order valence-corrected chi connectivity index (χ4v) is 1.76. The summed E-state index contributed by atoms with van der Waals surface area (Å²) < 4.78 is 10.8. The van der Waals surface area contributed by atoms with E-state index in [0.29, 0.717) is 17.9 Å². The summed E-state index contributed by atoms with van der Waals surface area (Å²) in [6, 6.07) is 5.98. The van der Waals surface area contributed by atoms with Crippen LogP contribution in [0.3, 0.4) is 0 Å². The minimum absolute atomic E-state index is 0.182. The molecule has 19 heavy (non-hydrogen) atoms. The van der Waals surface area contributed by atoms with Crippen LogP contribution in [0.15, 0.2) is 24.3 Å². The zero-order valence-corrected chi connectivity index (χ0v) is 11.3. The molecule has 1 rings (SSSR count). The average molecular weight is 284 g/mol. The van der Waals surface area contributed by atoms with E-state index < -0.39 is 16.8 Å². The van der Waals surface area contributed by atoms with E-state index in [0.717, 1.165) is 0 Å². The molecule has 0 aliphatic heterocycles. The van der Waals surface area contributed by atoms with Crippen LogP contribution in [0.5, 0.6) is 0 Å². The van der Waals surface area contributed by atoms with E-state index in [2.05, 4.69) is 10.6 Å². The molecule has 1 aromatic carbocycles. The second-order valence-electron chi connectivity index (χ2n) is 3.89. The van der Waals surface area contributed by atoms with Crippen molar-refractivity contribution in [1.29, 1.82) is 0 Å². The van der Waals surface area contributed by atoms with Gasteiger partial charge < -0.3 is 15.7 Å². The lowest BCUT2D eigenvalue weighted by molar-refractivity contribution is 0.0696. The summed E-state index contributed by atoms with van der Waals surface area (Å²) in [4.78, 5) is 22.1. The molecule has 6 nitrogen and oxygen atoms in total. The number of aromatic carboxylic acids is 1. The Hall–Kier alpha value is -1.89. The van der Waals surface area contributed by atoms with Crippen molar-refractivity contribution in [1.82, 2.24) is 10.6 Å². The molecule has 0 aromatic heterocycles. The van der Waals surface area contributed by atoms with Crippen LogP contribution in [0.1, 0.15) is 15.9 Å². The first kappa shape index (κ1) is 15.2. The minimum atomic E-state index is -1.00. The molecule has 1 atom stereocenters. The van der Waals surface area contributed by atoms with Crippen molar-refractivity contribution in [2.45, 2.75) is 6.54 Å². The van der Waals surface area contributed by atoms with Crippen LogP contribution < -0.4 is 10.6 Å². The quantitative estimate of drug-likeness (QED) is 0.711. The van der Waals surface area contributed by atoms with Crippen molar-refractivity contribution in [2.75, 3.05) is 18.6 Å². The van der Waals surface area contributed by atoms with Gasteiger partial charge in [0, 0.05) is 35.9 Å². The molecule has 0 saturated carbocycles. The Balaban J connectivity index is 2.39. The zero-order chi connectivity index (χ0) is 14.3. The van der Waals surface area contributed by atoms with Gasteiger partial charge in [-0.05, 0) is 17.7 Å². The van der Waals surface area contributed by atoms with E-state index in [-0.39, 0.29) is 18.1 Å². The molecule has 0 aliphatic rings. The largest absolute Gasteiger partial charge is 0.478 e. The number of carboxylic acid groups (broad SMARTS) is 1. The number of nitrogens with one attached hydrogen (secondary N) is 2. The first-order chi connectivity index (χ1) is 8.99. The van der Waals surface area contributed by atoms with E-state index in [1.807, 2.05) is 0 Å².